The highest BCUT2D eigenvalue weighted by Crippen LogP contribution is 2.48. The third kappa shape index (κ3) is 13.9. The van der Waals surface area contributed by atoms with E-state index in [0.717, 1.165) is 74.1 Å². The number of hydrogen-bond donors (Lipinski definition) is 3. The first-order valence-electron chi connectivity index (χ1n) is 19.3. The number of aromatic nitrogens is 2. The van der Waals surface area contributed by atoms with E-state index in [1.54, 1.807) is 18.2 Å². The maximum atomic E-state index is 15.8. The van der Waals surface area contributed by atoms with Crippen LogP contribution in [0.2, 0.25) is 0 Å². The Morgan fingerprint density at radius 1 is 0.929 bits per heavy atom. The molecule has 1 aromatic heterocycles. The van der Waals surface area contributed by atoms with Crippen LogP contribution in [-0.4, -0.2) is 51.5 Å². The summed E-state index contributed by atoms with van der Waals surface area (Å²) in [5, 5.41) is 15.2. The zero-order chi connectivity index (χ0) is 40.2. The zero-order valence-electron chi connectivity index (χ0n) is 32.3. The van der Waals surface area contributed by atoms with Crippen LogP contribution < -0.4 is 20.9 Å². The van der Waals surface area contributed by atoms with E-state index in [2.05, 4.69) is 72.8 Å². The molecule has 3 N–H and O–H groups in total. The van der Waals surface area contributed by atoms with E-state index in [1.807, 2.05) is 29.2 Å². The number of benzene rings is 2. The Kier molecular flexibility index (Phi) is 18.1. The molecule has 1 saturated heterocycles. The summed E-state index contributed by atoms with van der Waals surface area (Å²) in [4.78, 5) is 38.6. The number of rotatable bonds is 24. The van der Waals surface area contributed by atoms with E-state index >= 15 is 4.39 Å². The number of carbonyl (C=O) groups is 1. The van der Waals surface area contributed by atoms with Crippen molar-refractivity contribution >= 4 is 24.3 Å². The normalized spacial score (nSPS) is 21.4. The molecule has 1 unspecified atom stereocenters. The number of halogens is 1. The average Bonchev–Trinajstić information content (AvgIpc) is 3.40. The number of fused-ring (bicyclic) bond motifs is 1. The van der Waals surface area contributed by atoms with Gasteiger partial charge in [0.25, 0.3) is 5.56 Å². The number of hydrogen-bond acceptors (Lipinski definition) is 8. The molecule has 0 aliphatic carbocycles. The monoisotopic (exact) mass is 791 g/mol. The van der Waals surface area contributed by atoms with Crippen molar-refractivity contribution in [1.29, 1.82) is 0 Å². The number of carbonyl (C=O) groups excluding carboxylic acids is 1. The standard InChI is InChI=1S/C43H55FN3O8P/c1-3-4-5-6-7-8-9-10-11-12-13-14-15-16-17-18-19-26-35(48)27-23-31-45-56(52,55-37-29-22-25-34-24-20-21-28-36(34)37)53-33-38-40(50)43(2,44)41(54-38)47-32-30-39(49)46-42(47)51/h4-5,7-8,10-11,13-14,16-17,20-22,24-25,28-30,32,38,40-41,50H,3,6,9,12,15,18-19,23,26-27,31,33H2,1-2H3,(H,45,52)(H,46,49,51)/b5-4-,8-7-,11-10-,14-13-,17-16-/t38-,40-,41-,43-,56?/m1/s1. The molecule has 2 heterocycles. The van der Waals surface area contributed by atoms with Gasteiger partial charge in [0.1, 0.15) is 23.7 Å². The summed E-state index contributed by atoms with van der Waals surface area (Å²) >= 11 is 0. The van der Waals surface area contributed by atoms with Gasteiger partial charge in [0, 0.05) is 37.0 Å². The Morgan fingerprint density at radius 3 is 2.23 bits per heavy atom. The number of nitrogens with one attached hydrogen (secondary N) is 2. The van der Waals surface area contributed by atoms with Crippen molar-refractivity contribution in [2.45, 2.75) is 102 Å². The van der Waals surface area contributed by atoms with Gasteiger partial charge in [0.2, 0.25) is 0 Å². The molecule has 11 nitrogen and oxygen atoms in total. The fraction of sp³-hybridized carbons (Fsp3) is 0.419. The Morgan fingerprint density at radius 2 is 1.55 bits per heavy atom. The van der Waals surface area contributed by atoms with Gasteiger partial charge in [-0.3, -0.25) is 23.7 Å². The van der Waals surface area contributed by atoms with Gasteiger partial charge < -0.3 is 14.4 Å². The predicted molar refractivity (Wildman–Crippen MR) is 219 cm³/mol. The van der Waals surface area contributed by atoms with Crippen LogP contribution in [-0.2, 0) is 18.6 Å². The van der Waals surface area contributed by atoms with Crippen molar-refractivity contribution in [3.8, 4) is 5.75 Å². The van der Waals surface area contributed by atoms with Crippen molar-refractivity contribution in [3.63, 3.8) is 0 Å². The van der Waals surface area contributed by atoms with Gasteiger partial charge >= 0.3 is 13.4 Å². The SMILES string of the molecule is CC/C=C\C/C=C\C/C=C\C/C=C\C/C=C\CCCC(=O)CCCNP(=O)(OC[C@H]1O[C@@H](n2ccc(=O)[nH]c2=O)[C@](C)(F)[C@@H]1O)Oc1cccc2ccccc12. The molecule has 0 amide bonds. The summed E-state index contributed by atoms with van der Waals surface area (Å²) in [7, 11) is -4.20. The first kappa shape index (κ1) is 44.3. The molecule has 1 aliphatic rings. The molecular weight excluding hydrogens is 736 g/mol. The minimum atomic E-state index is -4.20. The number of aliphatic hydroxyl groups excluding tert-OH is 1. The molecule has 2 aromatic carbocycles. The second-order valence-electron chi connectivity index (χ2n) is 13.7. The average molecular weight is 792 g/mol. The summed E-state index contributed by atoms with van der Waals surface area (Å²) < 4.78 is 48.2. The van der Waals surface area contributed by atoms with Crippen LogP contribution in [0.15, 0.2) is 125 Å². The molecule has 302 valence electrons. The number of allylic oxidation sites excluding steroid dienone is 10. The highest BCUT2D eigenvalue weighted by atomic mass is 31.2. The molecule has 13 heteroatoms. The largest absolute Gasteiger partial charge is 0.458 e. The zero-order valence-corrected chi connectivity index (χ0v) is 33.2. The highest BCUT2D eigenvalue weighted by molar-refractivity contribution is 7.52. The third-order valence-electron chi connectivity index (χ3n) is 9.12. The summed E-state index contributed by atoms with van der Waals surface area (Å²) in [5.74, 6) is 0.351. The number of ketones is 1. The molecule has 0 bridgehead atoms. The molecule has 0 saturated carbocycles. The van der Waals surface area contributed by atoms with E-state index in [9.17, 15) is 24.1 Å². The van der Waals surface area contributed by atoms with Gasteiger partial charge in [-0.25, -0.2) is 18.8 Å². The minimum Gasteiger partial charge on any atom is -0.413 e. The van der Waals surface area contributed by atoms with Crippen LogP contribution in [0.5, 0.6) is 5.75 Å². The number of alkyl halides is 1. The minimum absolute atomic E-state index is 0.0816. The highest BCUT2D eigenvalue weighted by Gasteiger charge is 2.55. The topological polar surface area (TPSA) is 149 Å². The molecule has 1 aliphatic heterocycles. The van der Waals surface area contributed by atoms with E-state index in [1.165, 1.54) is 0 Å². The van der Waals surface area contributed by atoms with E-state index in [4.69, 9.17) is 13.8 Å². The lowest BCUT2D eigenvalue weighted by Gasteiger charge is -2.25. The quantitative estimate of drug-likeness (QED) is 0.0460. The number of unbranched alkanes of at least 4 members (excludes halogenated alkanes) is 1. The number of aliphatic hydroxyl groups is 1. The van der Waals surface area contributed by atoms with Gasteiger partial charge in [-0.1, -0.05) is 104 Å². The molecule has 0 radical (unpaired) electrons. The van der Waals surface area contributed by atoms with E-state index in [0.29, 0.717) is 18.2 Å². The first-order valence-corrected chi connectivity index (χ1v) is 20.9. The van der Waals surface area contributed by atoms with Crippen molar-refractivity contribution in [2.75, 3.05) is 13.2 Å². The Labute approximate surface area is 328 Å². The second kappa shape index (κ2) is 22.9. The van der Waals surface area contributed by atoms with E-state index < -0.39 is 49.7 Å². The molecule has 5 atom stereocenters. The van der Waals surface area contributed by atoms with Crippen molar-refractivity contribution in [1.82, 2.24) is 14.6 Å². The molecule has 1 fully saturated rings. The molecule has 3 aromatic rings. The second-order valence-corrected chi connectivity index (χ2v) is 15.4. The van der Waals surface area contributed by atoms with Crippen LogP contribution in [0.4, 0.5) is 4.39 Å². The lowest BCUT2D eigenvalue weighted by molar-refractivity contribution is -0.119. The fourth-order valence-corrected chi connectivity index (χ4v) is 7.46. The van der Waals surface area contributed by atoms with Gasteiger partial charge in [-0.2, -0.15) is 0 Å². The number of nitrogens with zero attached hydrogens (tertiary/aromatic N) is 1. The van der Waals surface area contributed by atoms with Gasteiger partial charge in [-0.05, 0) is 69.7 Å². The van der Waals surface area contributed by atoms with Gasteiger partial charge in [-0.15, -0.1) is 0 Å². The maximum Gasteiger partial charge on any atom is 0.458 e. The van der Waals surface area contributed by atoms with E-state index in [-0.39, 0.29) is 24.5 Å². The first-order chi connectivity index (χ1) is 27.0. The Hall–Kier alpha value is -4.45. The lowest BCUT2D eigenvalue weighted by Crippen LogP contribution is -2.43. The molecule has 4 rings (SSSR count). The maximum absolute atomic E-state index is 15.8. The van der Waals surface area contributed by atoms with Crippen molar-refractivity contribution in [3.05, 3.63) is 136 Å². The van der Waals surface area contributed by atoms with Crippen LogP contribution in [0.25, 0.3) is 10.8 Å². The van der Waals surface area contributed by atoms with Crippen LogP contribution in [0.1, 0.15) is 84.3 Å². The summed E-state index contributed by atoms with van der Waals surface area (Å²) in [6.07, 6.45) is 25.1. The smallest absolute Gasteiger partial charge is 0.413 e. The number of Topliss-reactive ketones (excluding diaryl/α,β-unsaturated/α-hetero) is 1. The number of ether oxygens (including phenoxy) is 1. The number of aromatic amines is 1. The molecule has 0 spiro atoms. The Bertz CT molecular complexity index is 2010. The predicted octanol–water partition coefficient (Wildman–Crippen LogP) is 8.74. The Balaban J connectivity index is 1.23. The van der Waals surface area contributed by atoms with Crippen molar-refractivity contribution < 1.29 is 32.6 Å². The van der Waals surface area contributed by atoms with Gasteiger partial charge in [0.15, 0.2) is 11.9 Å². The fourth-order valence-electron chi connectivity index (χ4n) is 6.06. The third-order valence-corrected chi connectivity index (χ3v) is 10.7. The summed E-state index contributed by atoms with van der Waals surface area (Å²) in [6.45, 7) is 2.72. The molecule has 56 heavy (non-hydrogen) atoms. The molecular formula is C43H55FN3O8P. The van der Waals surface area contributed by atoms with Crippen LogP contribution in [0.3, 0.4) is 0 Å². The van der Waals surface area contributed by atoms with Gasteiger partial charge in [0.05, 0.1) is 6.61 Å². The lowest BCUT2D eigenvalue weighted by atomic mass is 9.98. The summed E-state index contributed by atoms with van der Waals surface area (Å²) in [6, 6.07) is 13.6. The van der Waals surface area contributed by atoms with Crippen molar-refractivity contribution in [2.24, 2.45) is 0 Å². The van der Waals surface area contributed by atoms with Crippen LogP contribution in [0, 0.1) is 0 Å². The van der Waals surface area contributed by atoms with Crippen LogP contribution >= 0.6 is 7.75 Å². The number of H-pyrrole nitrogens is 1. The summed E-state index contributed by atoms with van der Waals surface area (Å²) in [5.41, 5.74) is -4.07.